The van der Waals surface area contributed by atoms with Crippen molar-refractivity contribution in [2.45, 2.75) is 171 Å². The molecular formula is C73H101N19O17S2. The molecule has 0 bridgehead atoms. The number of carbonyl (C=O) groups excluding carboxylic acids is 15. The smallest absolute Gasteiger partial charge is 0.292 e. The van der Waals surface area contributed by atoms with E-state index in [2.05, 4.69) is 68.5 Å². The number of guanidine groups is 1. The zero-order valence-electron chi connectivity index (χ0n) is 63.1. The van der Waals surface area contributed by atoms with Crippen LogP contribution in [0.4, 0.5) is 0 Å². The number of nitrogens with zero attached hydrogens (tertiary/aromatic N) is 4. The van der Waals surface area contributed by atoms with Crippen LogP contribution in [0.5, 0.6) is 5.75 Å². The molecule has 2 fully saturated rings. The minimum Gasteiger partial charge on any atom is -0.508 e. The number of nitrogens with two attached hydrogens (primary N) is 2. The van der Waals surface area contributed by atoms with Gasteiger partial charge in [0.1, 0.15) is 66.2 Å². The normalized spacial score (nSPS) is 22.5. The van der Waals surface area contributed by atoms with Crippen LogP contribution in [0.25, 0.3) is 0 Å². The average Bonchev–Trinajstić information content (AvgIpc) is 1.79. The van der Waals surface area contributed by atoms with Crippen LogP contribution in [-0.4, -0.2) is 253 Å². The van der Waals surface area contributed by atoms with E-state index in [9.17, 15) is 72.5 Å². The molecule has 111 heavy (non-hydrogen) atoms. The maximum absolute atomic E-state index is 15.2. The Bertz CT molecular complexity index is 3950. The van der Waals surface area contributed by atoms with E-state index in [1.807, 2.05) is 0 Å². The van der Waals surface area contributed by atoms with E-state index in [1.54, 1.807) is 74.5 Å². The number of hydrogen-bond donors (Lipinski definition) is 17. The maximum Gasteiger partial charge on any atom is 0.292 e. The molecule has 6 rings (SSSR count). The Balaban J connectivity index is 1.39. The fraction of sp³-hybridized carbons (Fsp3) is 0.493. The summed E-state index contributed by atoms with van der Waals surface area (Å²) < 4.78 is -1.60. The summed E-state index contributed by atoms with van der Waals surface area (Å²) in [6.07, 6.45) is 0.364. The third kappa shape index (κ3) is 28.0. The molecule has 14 amide bonds. The van der Waals surface area contributed by atoms with Crippen LogP contribution in [0, 0.1) is 11.3 Å². The largest absolute Gasteiger partial charge is 0.508 e. The number of carbonyl (C=O) groups is 15. The Labute approximate surface area is 649 Å². The van der Waals surface area contributed by atoms with Gasteiger partial charge in [-0.3, -0.25) is 77.3 Å². The van der Waals surface area contributed by atoms with Crippen molar-refractivity contribution >= 4 is 116 Å². The predicted octanol–water partition coefficient (Wildman–Crippen LogP) is -3.29. The van der Waals surface area contributed by atoms with Gasteiger partial charge in [0, 0.05) is 76.5 Å². The Morgan fingerprint density at radius 1 is 0.703 bits per heavy atom. The van der Waals surface area contributed by atoms with Crippen LogP contribution in [0.1, 0.15) is 96.0 Å². The second kappa shape index (κ2) is 42.7. The number of imidazole rings is 1. The molecule has 0 saturated carbocycles. The molecule has 2 aliphatic rings. The number of phenols is 1. The number of phenolic OH excluding ortho intramolecular Hbond substituents is 1. The molecule has 36 nitrogen and oxygen atoms in total. The van der Waals surface area contributed by atoms with Crippen molar-refractivity contribution in [2.24, 2.45) is 17.4 Å². The number of primary amides is 1. The standard InChI is InChI=1S/C73H101N19O17S2/c1-40(2)29-55-68(106)84-49(30-45-23-25-47(95)26-24-45)60(99)71(109)92-28-16-22-54(92)67(105)87-53(62(74)100)38-110-111-73(5,6)61(89-66(104)51(32-44-19-13-10-14-20-44)86-64(102)48(82-42(4)94)21-15-27-78-72(75)76)70(108)88-59(41(3)93)69(107)79-35-56(96)83-52(33-46-34-77-39-81-46)65(103)85-50(31-43-17-11-9-12-18-43)63(101)80-36-57(97)90(7)37-58(98)91(55)8/h9-14,17-20,23-26,34,39-41,48-55,59,61,93,95H,15-16,21-22,27-33,35-38H2,1-8H3,(H2,74,100)(H,77,81)(H,79,107)(H,80,101)(H,82,94)(H,83,96)(H,84,106)(H,85,103)(H,86,102)(H,87,105)(H,88,108)(H,89,104)(H4,75,76,78)/t41-,48+,49+,50+,51+,52+,53+,54+,55+,59+,61-/m1/s1. The number of aromatic nitrogens is 2. The summed E-state index contributed by atoms with van der Waals surface area (Å²) in [5, 5.41) is 57.2. The van der Waals surface area contributed by atoms with Crippen molar-refractivity contribution in [3.8, 4) is 5.75 Å². The summed E-state index contributed by atoms with van der Waals surface area (Å²) in [5.41, 5.74) is 13.1. The summed E-state index contributed by atoms with van der Waals surface area (Å²) in [5.74, 6) is -15.5. The van der Waals surface area contributed by atoms with E-state index >= 15 is 9.59 Å². The van der Waals surface area contributed by atoms with Gasteiger partial charge in [0.25, 0.3) is 5.91 Å². The van der Waals surface area contributed by atoms with Gasteiger partial charge in [-0.2, -0.15) is 0 Å². The van der Waals surface area contributed by atoms with Gasteiger partial charge in [-0.15, -0.1) is 0 Å². The fourth-order valence-corrected chi connectivity index (χ4v) is 14.9. The van der Waals surface area contributed by atoms with E-state index in [4.69, 9.17) is 16.9 Å². The van der Waals surface area contributed by atoms with Crippen LogP contribution >= 0.6 is 21.6 Å². The molecule has 602 valence electrons. The SMILES string of the molecule is CC(=O)N[C@@H](CCCNC(=N)N)C(=O)N[C@@H](Cc1ccccc1)C(=O)N[C@@H]1C(=O)N[C@@H]([C@@H](C)O)C(=O)NCC(=O)N[C@@H](Cc2c[nH]cn2)C(=O)N[C@@H](Cc2ccccc2)C(=O)NCC(=O)N(C)CC(=O)N(C)[C@@H](CC(C)C)C(=O)N[C@@H](Cc2ccc(O)cc2)C(=O)C(=O)N2CCC[C@H]2C(=O)N[C@H](C(N)=O)CSSC1(C)C. The molecule has 0 unspecified atom stereocenters. The quantitative estimate of drug-likeness (QED) is 0.0128. The highest BCUT2D eigenvalue weighted by Gasteiger charge is 2.45. The molecule has 0 radical (unpaired) electrons. The first kappa shape index (κ1) is 88.7. The van der Waals surface area contributed by atoms with Crippen LogP contribution in [0.3, 0.4) is 0 Å². The lowest BCUT2D eigenvalue weighted by Gasteiger charge is -2.35. The Hall–Kier alpha value is -11.2. The summed E-state index contributed by atoms with van der Waals surface area (Å²) >= 11 is 0. The van der Waals surface area contributed by atoms with Crippen LogP contribution in [-0.2, 0) is 97.6 Å². The molecule has 3 aromatic carbocycles. The molecule has 0 spiro atoms. The number of aromatic amines is 1. The lowest BCUT2D eigenvalue weighted by atomic mass is 9.98. The van der Waals surface area contributed by atoms with Gasteiger partial charge in [-0.1, -0.05) is 108 Å². The van der Waals surface area contributed by atoms with Crippen LogP contribution in [0.15, 0.2) is 97.5 Å². The molecule has 11 atom stereocenters. The van der Waals surface area contributed by atoms with Crippen LogP contribution < -0.4 is 70.0 Å². The van der Waals surface area contributed by atoms with E-state index in [0.717, 1.165) is 43.2 Å². The Kier molecular flexibility index (Phi) is 34.2. The third-order valence-corrected chi connectivity index (χ3v) is 21.4. The number of ketones is 1. The van der Waals surface area contributed by atoms with Gasteiger partial charge in [-0.25, -0.2) is 4.98 Å². The van der Waals surface area contributed by atoms with E-state index < -0.39 is 179 Å². The molecule has 19 N–H and O–H groups in total. The Morgan fingerprint density at radius 2 is 1.32 bits per heavy atom. The van der Waals surface area contributed by atoms with Gasteiger partial charge in [-0.05, 0) is 87.6 Å². The minimum atomic E-state index is -1.92. The fourth-order valence-electron chi connectivity index (χ4n) is 12.1. The van der Waals surface area contributed by atoms with E-state index in [-0.39, 0.29) is 100.0 Å². The summed E-state index contributed by atoms with van der Waals surface area (Å²) in [6, 6.07) is 6.97. The molecule has 2 saturated heterocycles. The number of aliphatic hydroxyl groups is 1. The number of aromatic hydroxyl groups is 1. The lowest BCUT2D eigenvalue weighted by molar-refractivity contribution is -0.149. The molecular weight excluding hydrogens is 1480 g/mol. The van der Waals surface area contributed by atoms with E-state index in [0.29, 0.717) is 16.7 Å². The molecule has 1 aromatic heterocycles. The van der Waals surface area contributed by atoms with Crippen molar-refractivity contribution in [1.82, 2.24) is 83.2 Å². The number of hydrogen-bond acceptors (Lipinski definition) is 21. The summed E-state index contributed by atoms with van der Waals surface area (Å²) in [4.78, 5) is 224. The Morgan fingerprint density at radius 3 is 1.94 bits per heavy atom. The van der Waals surface area contributed by atoms with Crippen molar-refractivity contribution in [2.75, 3.05) is 52.6 Å². The molecule has 2 aliphatic heterocycles. The number of fused-ring (bicyclic) bond motifs is 1. The number of amides is 14. The topological polar surface area (TPSA) is 543 Å². The number of Topliss-reactive ketones (excluding diaryl/α,β-unsaturated/α-hetero) is 1. The highest BCUT2D eigenvalue weighted by Crippen LogP contribution is 2.39. The summed E-state index contributed by atoms with van der Waals surface area (Å²) in [6.45, 7) is 6.51. The predicted molar refractivity (Wildman–Crippen MR) is 409 cm³/mol. The highest BCUT2D eigenvalue weighted by molar-refractivity contribution is 8.77. The van der Waals surface area contributed by atoms with E-state index in [1.165, 1.54) is 71.7 Å². The second-order valence-corrected chi connectivity index (χ2v) is 31.0. The maximum atomic E-state index is 15.2. The first-order chi connectivity index (χ1) is 52.5. The number of rotatable bonds is 21. The highest BCUT2D eigenvalue weighted by atomic mass is 33.1. The van der Waals surface area contributed by atoms with Crippen molar-refractivity contribution in [1.29, 1.82) is 5.41 Å². The van der Waals surface area contributed by atoms with Gasteiger partial charge < -0.3 is 99.8 Å². The average molecular weight is 1580 g/mol. The minimum absolute atomic E-state index is 0.00119. The lowest BCUT2D eigenvalue weighted by Crippen LogP contribution is -2.64. The van der Waals surface area contributed by atoms with Crippen molar-refractivity contribution < 1.29 is 82.1 Å². The second-order valence-electron chi connectivity index (χ2n) is 28.0. The van der Waals surface area contributed by atoms with Crippen LogP contribution in [0.2, 0.25) is 0 Å². The third-order valence-electron chi connectivity index (χ3n) is 18.1. The first-order valence-electron chi connectivity index (χ1n) is 36.0. The van der Waals surface area contributed by atoms with Crippen molar-refractivity contribution in [3.05, 3.63) is 120 Å². The zero-order chi connectivity index (χ0) is 81.8. The molecule has 38 heteroatoms. The first-order valence-corrected chi connectivity index (χ1v) is 38.3. The molecule has 0 aliphatic carbocycles. The van der Waals surface area contributed by atoms with Gasteiger partial charge in [0.2, 0.25) is 82.6 Å². The van der Waals surface area contributed by atoms with Gasteiger partial charge in [0.15, 0.2) is 5.96 Å². The van der Waals surface area contributed by atoms with Gasteiger partial charge in [0.05, 0.1) is 37.8 Å². The number of H-pyrrole nitrogens is 1. The number of nitrogens with one attached hydrogen (secondary N) is 13. The number of likely N-dealkylation sites (N-methyl/N-ethyl adjacent to an activating group) is 2. The zero-order valence-corrected chi connectivity index (χ0v) is 64.7. The molecule has 3 heterocycles. The number of aliphatic hydroxyl groups excluding tert-OH is 1. The monoisotopic (exact) mass is 1580 g/mol. The van der Waals surface area contributed by atoms with Crippen molar-refractivity contribution in [3.63, 3.8) is 0 Å². The molecule has 4 aromatic rings. The summed E-state index contributed by atoms with van der Waals surface area (Å²) in [7, 11) is 4.31. The number of benzene rings is 3. The van der Waals surface area contributed by atoms with Gasteiger partial charge >= 0.3 is 0 Å².